The monoisotopic (exact) mass is 394 g/mol. The predicted octanol–water partition coefficient (Wildman–Crippen LogP) is 3.14. The number of ether oxygens (including phenoxy) is 1. The Kier molecular flexibility index (Phi) is 5.50. The molecule has 0 bridgehead atoms. The van der Waals surface area contributed by atoms with Crippen LogP contribution in [0.5, 0.6) is 5.75 Å². The molecular formula is C18H19ClN2O4S. The molecule has 3 rings (SSSR count). The molecule has 0 unspecified atom stereocenters. The second-order valence-electron chi connectivity index (χ2n) is 5.95. The lowest BCUT2D eigenvalue weighted by molar-refractivity contribution is -0.119. The number of anilines is 1. The third kappa shape index (κ3) is 3.85. The van der Waals surface area contributed by atoms with Crippen molar-refractivity contribution in [2.45, 2.75) is 23.8 Å². The van der Waals surface area contributed by atoms with Crippen LogP contribution in [0.4, 0.5) is 5.69 Å². The van der Waals surface area contributed by atoms with Crippen molar-refractivity contribution in [3.63, 3.8) is 0 Å². The first-order valence-corrected chi connectivity index (χ1v) is 9.96. The zero-order valence-corrected chi connectivity index (χ0v) is 15.8. The Morgan fingerprint density at radius 3 is 2.42 bits per heavy atom. The fraction of sp³-hybridized carbons (Fsp3) is 0.278. The summed E-state index contributed by atoms with van der Waals surface area (Å²) in [5.74, 6) is 0.334. The molecule has 0 aromatic heterocycles. The second kappa shape index (κ2) is 7.65. The average molecular weight is 395 g/mol. The molecule has 138 valence electrons. The van der Waals surface area contributed by atoms with Crippen molar-refractivity contribution in [1.29, 1.82) is 0 Å². The number of benzene rings is 2. The van der Waals surface area contributed by atoms with Gasteiger partial charge in [-0.05, 0) is 61.4 Å². The van der Waals surface area contributed by atoms with E-state index in [0.29, 0.717) is 35.8 Å². The minimum absolute atomic E-state index is 0.131. The molecule has 2 aromatic rings. The van der Waals surface area contributed by atoms with Crippen molar-refractivity contribution in [2.75, 3.05) is 19.0 Å². The van der Waals surface area contributed by atoms with Crippen LogP contribution in [0, 0.1) is 0 Å². The maximum Gasteiger partial charge on any atom is 0.243 e. The third-order valence-electron chi connectivity index (χ3n) is 4.28. The first-order valence-electron chi connectivity index (χ1n) is 8.14. The zero-order chi connectivity index (χ0) is 18.7. The molecule has 0 radical (unpaired) electrons. The van der Waals surface area contributed by atoms with Gasteiger partial charge in [-0.15, -0.1) is 0 Å². The van der Waals surface area contributed by atoms with Crippen LogP contribution < -0.4 is 10.1 Å². The van der Waals surface area contributed by atoms with Crippen molar-refractivity contribution in [2.24, 2.45) is 0 Å². The van der Waals surface area contributed by atoms with Gasteiger partial charge >= 0.3 is 0 Å². The van der Waals surface area contributed by atoms with Crippen LogP contribution in [0.15, 0.2) is 53.4 Å². The van der Waals surface area contributed by atoms with E-state index in [9.17, 15) is 13.2 Å². The van der Waals surface area contributed by atoms with Gasteiger partial charge in [0.1, 0.15) is 11.8 Å². The lowest BCUT2D eigenvalue weighted by Crippen LogP contribution is -2.43. The number of carbonyl (C=O) groups is 1. The molecule has 1 atom stereocenters. The number of sulfonamides is 1. The van der Waals surface area contributed by atoms with E-state index in [2.05, 4.69) is 5.32 Å². The molecule has 1 saturated heterocycles. The largest absolute Gasteiger partial charge is 0.497 e. The molecule has 0 saturated carbocycles. The van der Waals surface area contributed by atoms with Crippen molar-refractivity contribution in [3.8, 4) is 5.75 Å². The highest BCUT2D eigenvalue weighted by Gasteiger charge is 2.39. The van der Waals surface area contributed by atoms with Crippen LogP contribution in [-0.2, 0) is 14.8 Å². The molecule has 0 aliphatic carbocycles. The van der Waals surface area contributed by atoms with E-state index in [1.54, 1.807) is 31.4 Å². The van der Waals surface area contributed by atoms with Gasteiger partial charge in [0.25, 0.3) is 0 Å². The molecule has 1 fully saturated rings. The fourth-order valence-electron chi connectivity index (χ4n) is 2.93. The molecule has 2 aromatic carbocycles. The van der Waals surface area contributed by atoms with Gasteiger partial charge in [-0.1, -0.05) is 11.6 Å². The van der Waals surface area contributed by atoms with Gasteiger partial charge in [-0.3, -0.25) is 4.79 Å². The smallest absolute Gasteiger partial charge is 0.243 e. The molecule has 1 aliphatic rings. The summed E-state index contributed by atoms with van der Waals surface area (Å²) < 4.78 is 32.1. The lowest BCUT2D eigenvalue weighted by Gasteiger charge is -2.23. The molecule has 26 heavy (non-hydrogen) atoms. The summed E-state index contributed by atoms with van der Waals surface area (Å²) in [4.78, 5) is 12.8. The summed E-state index contributed by atoms with van der Waals surface area (Å²) in [6, 6.07) is 12.1. The Bertz CT molecular complexity index is 882. The van der Waals surface area contributed by atoms with Crippen LogP contribution in [-0.4, -0.2) is 38.3 Å². The topological polar surface area (TPSA) is 75.7 Å². The van der Waals surface area contributed by atoms with E-state index >= 15 is 0 Å². The third-order valence-corrected chi connectivity index (χ3v) is 6.46. The van der Waals surface area contributed by atoms with Crippen molar-refractivity contribution in [3.05, 3.63) is 53.6 Å². The summed E-state index contributed by atoms with van der Waals surface area (Å²) in [7, 11) is -2.20. The van der Waals surface area contributed by atoms with Gasteiger partial charge in [-0.2, -0.15) is 4.31 Å². The number of hydrogen-bond acceptors (Lipinski definition) is 4. The average Bonchev–Trinajstić information content (AvgIpc) is 3.13. The lowest BCUT2D eigenvalue weighted by atomic mass is 10.2. The molecule has 1 heterocycles. The number of nitrogens with zero attached hydrogens (tertiary/aromatic N) is 1. The summed E-state index contributed by atoms with van der Waals surface area (Å²) in [5.41, 5.74) is 0.589. The summed E-state index contributed by atoms with van der Waals surface area (Å²) in [6.07, 6.45) is 1.11. The van der Waals surface area contributed by atoms with Crippen molar-refractivity contribution in [1.82, 2.24) is 4.31 Å². The van der Waals surface area contributed by atoms with E-state index in [4.69, 9.17) is 16.3 Å². The molecular weight excluding hydrogens is 376 g/mol. The predicted molar refractivity (Wildman–Crippen MR) is 100.0 cm³/mol. The normalized spacial score (nSPS) is 17.8. The standard InChI is InChI=1S/C18H19ClN2O4S/c1-25-15-8-6-14(7-9-15)20-18(22)17-3-2-12-21(17)26(23,24)16-10-4-13(19)5-11-16/h4-11,17H,2-3,12H2,1H3,(H,20,22)/t17-/m1/s1. The molecule has 1 aliphatic heterocycles. The summed E-state index contributed by atoms with van der Waals surface area (Å²) in [5, 5.41) is 3.23. The number of halogens is 1. The van der Waals surface area contributed by atoms with Crippen molar-refractivity contribution < 1.29 is 17.9 Å². The molecule has 0 spiro atoms. The van der Waals surface area contributed by atoms with E-state index < -0.39 is 16.1 Å². The van der Waals surface area contributed by atoms with Gasteiger partial charge in [0, 0.05) is 17.3 Å². The number of carbonyl (C=O) groups excluding carboxylic acids is 1. The van der Waals surface area contributed by atoms with Crippen LogP contribution in [0.2, 0.25) is 5.02 Å². The molecule has 1 N–H and O–H groups in total. The number of nitrogens with one attached hydrogen (secondary N) is 1. The SMILES string of the molecule is COc1ccc(NC(=O)[C@H]2CCCN2S(=O)(=O)c2ccc(Cl)cc2)cc1. The Balaban J connectivity index is 1.78. The van der Waals surface area contributed by atoms with Gasteiger partial charge in [0.15, 0.2) is 0 Å². The molecule has 6 nitrogen and oxygen atoms in total. The molecule has 8 heteroatoms. The number of methoxy groups -OCH3 is 1. The highest BCUT2D eigenvalue weighted by Crippen LogP contribution is 2.28. The van der Waals surface area contributed by atoms with Crippen molar-refractivity contribution >= 4 is 33.2 Å². The van der Waals surface area contributed by atoms with E-state index in [-0.39, 0.29) is 10.8 Å². The van der Waals surface area contributed by atoms with E-state index in [1.807, 2.05) is 0 Å². The number of hydrogen-bond donors (Lipinski definition) is 1. The van der Waals surface area contributed by atoms with Crippen LogP contribution >= 0.6 is 11.6 Å². The van der Waals surface area contributed by atoms with Crippen LogP contribution in [0.1, 0.15) is 12.8 Å². The quantitative estimate of drug-likeness (QED) is 0.845. The van der Waals surface area contributed by atoms with Gasteiger partial charge < -0.3 is 10.1 Å². The summed E-state index contributed by atoms with van der Waals surface area (Å²) >= 11 is 5.83. The van der Waals surface area contributed by atoms with Gasteiger partial charge in [0.2, 0.25) is 15.9 Å². The minimum atomic E-state index is -3.76. The highest BCUT2D eigenvalue weighted by atomic mass is 35.5. The maximum absolute atomic E-state index is 12.9. The summed E-state index contributed by atoms with van der Waals surface area (Å²) in [6.45, 7) is 0.311. The van der Waals surface area contributed by atoms with Gasteiger partial charge in [0.05, 0.1) is 12.0 Å². The second-order valence-corrected chi connectivity index (χ2v) is 8.27. The van der Waals surface area contributed by atoms with E-state index in [0.717, 1.165) is 0 Å². The first kappa shape index (κ1) is 18.7. The fourth-order valence-corrected chi connectivity index (χ4v) is 4.71. The zero-order valence-electron chi connectivity index (χ0n) is 14.2. The molecule has 1 amide bonds. The Hall–Kier alpha value is -2.09. The Morgan fingerprint density at radius 1 is 1.15 bits per heavy atom. The number of rotatable bonds is 5. The Labute approximate surface area is 157 Å². The van der Waals surface area contributed by atoms with Gasteiger partial charge in [-0.25, -0.2) is 8.42 Å². The highest BCUT2D eigenvalue weighted by molar-refractivity contribution is 7.89. The van der Waals surface area contributed by atoms with Crippen LogP contribution in [0.3, 0.4) is 0 Å². The maximum atomic E-state index is 12.9. The number of amides is 1. The first-order chi connectivity index (χ1) is 12.4. The minimum Gasteiger partial charge on any atom is -0.497 e. The van der Waals surface area contributed by atoms with Crippen LogP contribution in [0.25, 0.3) is 0 Å². The Morgan fingerprint density at radius 2 is 1.81 bits per heavy atom. The van der Waals surface area contributed by atoms with E-state index in [1.165, 1.54) is 28.6 Å².